The Morgan fingerprint density at radius 3 is 2.95 bits per heavy atom. The molecule has 0 saturated heterocycles. The minimum atomic E-state index is -0.382. The Morgan fingerprint density at radius 2 is 2.29 bits per heavy atom. The van der Waals surface area contributed by atoms with Crippen molar-refractivity contribution in [2.45, 2.75) is 39.3 Å². The number of nitrogens with zero attached hydrogens (tertiary/aromatic N) is 2. The molecule has 1 amide bonds. The molecule has 3 N–H and O–H groups in total. The number of carbonyl (C=O) groups is 1. The van der Waals surface area contributed by atoms with Crippen LogP contribution >= 0.6 is 15.9 Å². The highest BCUT2D eigenvalue weighted by molar-refractivity contribution is 9.10. The van der Waals surface area contributed by atoms with Crippen LogP contribution in [0, 0.1) is 5.82 Å². The Hall–Kier alpha value is -1.63. The molecule has 1 aromatic carbocycles. The van der Waals surface area contributed by atoms with E-state index in [0.717, 1.165) is 6.42 Å². The van der Waals surface area contributed by atoms with Crippen molar-refractivity contribution >= 4 is 38.8 Å². The van der Waals surface area contributed by atoms with E-state index in [1.54, 1.807) is 10.6 Å². The summed E-state index contributed by atoms with van der Waals surface area (Å²) in [5, 5.41) is 2.88. The average molecular weight is 357 g/mol. The number of nitrogens with two attached hydrogens (primary N) is 1. The van der Waals surface area contributed by atoms with E-state index in [2.05, 4.69) is 26.2 Å². The number of imidazole rings is 1. The lowest BCUT2D eigenvalue weighted by Gasteiger charge is -2.12. The summed E-state index contributed by atoms with van der Waals surface area (Å²) in [5.41, 5.74) is 7.04. The summed E-state index contributed by atoms with van der Waals surface area (Å²) in [7, 11) is 0. The molecule has 1 atom stereocenters. The number of carbonyl (C=O) groups excluding carboxylic acids is 1. The molecule has 1 aromatic heterocycles. The van der Waals surface area contributed by atoms with Gasteiger partial charge >= 0.3 is 0 Å². The van der Waals surface area contributed by atoms with E-state index in [9.17, 15) is 9.18 Å². The monoisotopic (exact) mass is 356 g/mol. The molecule has 0 aliphatic rings. The van der Waals surface area contributed by atoms with Crippen LogP contribution in [-0.2, 0) is 11.3 Å². The summed E-state index contributed by atoms with van der Waals surface area (Å²) in [6.45, 7) is 4.32. The van der Waals surface area contributed by atoms with Crippen LogP contribution < -0.4 is 11.1 Å². The third kappa shape index (κ3) is 3.53. The van der Waals surface area contributed by atoms with Crippen molar-refractivity contribution in [3.8, 4) is 0 Å². The van der Waals surface area contributed by atoms with Crippen LogP contribution in [0.15, 0.2) is 16.6 Å². The fourth-order valence-corrected chi connectivity index (χ4v) is 2.37. The van der Waals surface area contributed by atoms with Crippen molar-refractivity contribution < 1.29 is 9.18 Å². The predicted molar refractivity (Wildman–Crippen MR) is 84.3 cm³/mol. The number of benzene rings is 1. The second kappa shape index (κ2) is 6.43. The molecular weight excluding hydrogens is 339 g/mol. The number of fused-ring (bicyclic) bond motifs is 1. The number of halogens is 2. The fourth-order valence-electron chi connectivity index (χ4n) is 2.04. The smallest absolute Gasteiger partial charge is 0.222 e. The minimum Gasteiger partial charge on any atom is -0.369 e. The van der Waals surface area contributed by atoms with Crippen LogP contribution in [0.1, 0.15) is 26.7 Å². The molecule has 0 fully saturated rings. The molecule has 0 radical (unpaired) electrons. The number of anilines is 1. The van der Waals surface area contributed by atoms with Gasteiger partial charge in [-0.3, -0.25) is 4.79 Å². The molecule has 0 aliphatic carbocycles. The van der Waals surface area contributed by atoms with Gasteiger partial charge in [0.2, 0.25) is 11.9 Å². The molecule has 7 heteroatoms. The normalized spacial score (nSPS) is 12.6. The number of aryl methyl sites for hydroxylation is 1. The van der Waals surface area contributed by atoms with Gasteiger partial charge in [0.15, 0.2) is 0 Å². The van der Waals surface area contributed by atoms with Gasteiger partial charge in [0.25, 0.3) is 0 Å². The van der Waals surface area contributed by atoms with E-state index in [-0.39, 0.29) is 30.1 Å². The Kier molecular flexibility index (Phi) is 4.82. The summed E-state index contributed by atoms with van der Waals surface area (Å²) in [6.07, 6.45) is 1.15. The van der Waals surface area contributed by atoms with Gasteiger partial charge in [0.1, 0.15) is 5.82 Å². The van der Waals surface area contributed by atoms with Crippen molar-refractivity contribution in [3.05, 3.63) is 22.4 Å². The zero-order chi connectivity index (χ0) is 15.6. The molecule has 0 bridgehead atoms. The summed E-state index contributed by atoms with van der Waals surface area (Å²) in [4.78, 5) is 16.0. The molecule has 114 valence electrons. The highest BCUT2D eigenvalue weighted by Crippen LogP contribution is 2.25. The SMILES string of the molecule is CCC(C)NC(=O)CCn1c(N)nc2cc(Br)c(F)cc21. The van der Waals surface area contributed by atoms with Crippen LogP contribution in [0.25, 0.3) is 11.0 Å². The molecule has 0 aliphatic heterocycles. The van der Waals surface area contributed by atoms with Gasteiger partial charge in [-0.2, -0.15) is 0 Å². The first-order valence-corrected chi connectivity index (χ1v) is 7.61. The number of rotatable bonds is 5. The van der Waals surface area contributed by atoms with Crippen LogP contribution in [0.3, 0.4) is 0 Å². The van der Waals surface area contributed by atoms with Gasteiger partial charge in [0.05, 0.1) is 15.5 Å². The van der Waals surface area contributed by atoms with E-state index in [4.69, 9.17) is 5.73 Å². The third-order valence-electron chi connectivity index (χ3n) is 3.40. The van der Waals surface area contributed by atoms with E-state index in [1.165, 1.54) is 6.07 Å². The van der Waals surface area contributed by atoms with Gasteiger partial charge in [0, 0.05) is 25.1 Å². The largest absolute Gasteiger partial charge is 0.369 e. The number of hydrogen-bond donors (Lipinski definition) is 2. The Labute approximate surface area is 130 Å². The third-order valence-corrected chi connectivity index (χ3v) is 4.01. The standard InChI is InChI=1S/C14H18BrFN4O/c1-3-8(2)18-13(21)4-5-20-12-7-10(16)9(15)6-11(12)19-14(20)17/h6-8H,3-5H2,1-2H3,(H2,17,19)(H,18,21). The topological polar surface area (TPSA) is 72.9 Å². The zero-order valence-electron chi connectivity index (χ0n) is 12.0. The lowest BCUT2D eigenvalue weighted by molar-refractivity contribution is -0.121. The van der Waals surface area contributed by atoms with Gasteiger partial charge in [-0.1, -0.05) is 6.92 Å². The highest BCUT2D eigenvalue weighted by Gasteiger charge is 2.13. The van der Waals surface area contributed by atoms with Crippen LogP contribution in [0.2, 0.25) is 0 Å². The van der Waals surface area contributed by atoms with Gasteiger partial charge in [-0.25, -0.2) is 9.37 Å². The average Bonchev–Trinajstić information content (AvgIpc) is 2.72. The Morgan fingerprint density at radius 1 is 1.57 bits per heavy atom. The first kappa shape index (κ1) is 15.8. The maximum atomic E-state index is 13.6. The molecule has 1 unspecified atom stereocenters. The quantitative estimate of drug-likeness (QED) is 0.864. The summed E-state index contributed by atoms with van der Waals surface area (Å²) >= 11 is 3.12. The van der Waals surface area contributed by atoms with E-state index >= 15 is 0 Å². The lowest BCUT2D eigenvalue weighted by atomic mass is 10.2. The summed E-state index contributed by atoms with van der Waals surface area (Å²) in [5.74, 6) is -0.158. The summed E-state index contributed by atoms with van der Waals surface area (Å²) in [6, 6.07) is 3.09. The second-order valence-electron chi connectivity index (χ2n) is 5.00. The molecular formula is C14H18BrFN4O. The summed E-state index contributed by atoms with van der Waals surface area (Å²) < 4.78 is 15.6. The van der Waals surface area contributed by atoms with Gasteiger partial charge in [-0.15, -0.1) is 0 Å². The number of nitrogens with one attached hydrogen (secondary N) is 1. The molecule has 21 heavy (non-hydrogen) atoms. The molecule has 2 rings (SSSR count). The first-order valence-electron chi connectivity index (χ1n) is 6.82. The second-order valence-corrected chi connectivity index (χ2v) is 5.86. The number of amides is 1. The zero-order valence-corrected chi connectivity index (χ0v) is 13.6. The maximum Gasteiger partial charge on any atom is 0.222 e. The Bertz CT molecular complexity index is 671. The maximum absolute atomic E-state index is 13.6. The number of hydrogen-bond acceptors (Lipinski definition) is 3. The van der Waals surface area contributed by atoms with Crippen molar-refractivity contribution in [1.82, 2.24) is 14.9 Å². The van der Waals surface area contributed by atoms with E-state index in [0.29, 0.717) is 22.1 Å². The van der Waals surface area contributed by atoms with E-state index in [1.807, 2.05) is 13.8 Å². The van der Waals surface area contributed by atoms with Crippen LogP contribution in [0.5, 0.6) is 0 Å². The van der Waals surface area contributed by atoms with E-state index < -0.39 is 0 Å². The molecule has 0 saturated carbocycles. The van der Waals surface area contributed by atoms with Crippen LogP contribution in [0.4, 0.5) is 10.3 Å². The highest BCUT2D eigenvalue weighted by atomic mass is 79.9. The van der Waals surface area contributed by atoms with Crippen molar-refractivity contribution in [3.63, 3.8) is 0 Å². The van der Waals surface area contributed by atoms with Crippen molar-refractivity contribution in [1.29, 1.82) is 0 Å². The van der Waals surface area contributed by atoms with Crippen molar-refractivity contribution in [2.24, 2.45) is 0 Å². The van der Waals surface area contributed by atoms with Crippen LogP contribution in [-0.4, -0.2) is 21.5 Å². The Balaban J connectivity index is 2.17. The molecule has 0 spiro atoms. The van der Waals surface area contributed by atoms with Gasteiger partial charge in [-0.05, 0) is 35.3 Å². The predicted octanol–water partition coefficient (Wildman–Crippen LogP) is 2.82. The molecule has 1 heterocycles. The molecule has 2 aromatic rings. The number of aromatic nitrogens is 2. The number of nitrogen functional groups attached to an aromatic ring is 1. The fraction of sp³-hybridized carbons (Fsp3) is 0.429. The first-order chi connectivity index (χ1) is 9.92. The minimum absolute atomic E-state index is 0.0526. The van der Waals surface area contributed by atoms with Gasteiger partial charge < -0.3 is 15.6 Å². The molecule has 5 nitrogen and oxygen atoms in total. The lowest BCUT2D eigenvalue weighted by Crippen LogP contribution is -2.32. The van der Waals surface area contributed by atoms with Crippen molar-refractivity contribution in [2.75, 3.05) is 5.73 Å².